The molecule has 0 radical (unpaired) electrons. The fraction of sp³-hybridized carbons (Fsp3) is 0.467. The quantitative estimate of drug-likeness (QED) is 0.720. The number of Topliss-reactive ketones (excluding diaryl/α,β-unsaturated/α-hetero) is 1. The van der Waals surface area contributed by atoms with Gasteiger partial charge in [-0.2, -0.15) is 5.26 Å². The molecule has 0 N–H and O–H groups in total. The Balaban J connectivity index is 2.06. The second-order valence-electron chi connectivity index (χ2n) is 4.90. The third-order valence-corrected chi connectivity index (χ3v) is 3.45. The predicted molar refractivity (Wildman–Crippen MR) is 68.5 cm³/mol. The van der Waals surface area contributed by atoms with Crippen molar-refractivity contribution in [2.75, 3.05) is 6.61 Å². The molecule has 0 aromatic heterocycles. The minimum Gasteiger partial charge on any atom is -0.492 e. The minimum atomic E-state index is 0.0388. The van der Waals surface area contributed by atoms with Crippen LogP contribution in [0.3, 0.4) is 0 Å². The van der Waals surface area contributed by atoms with Crippen LogP contribution in [0.5, 0.6) is 5.75 Å². The van der Waals surface area contributed by atoms with Gasteiger partial charge in [0.15, 0.2) is 5.78 Å². The van der Waals surface area contributed by atoms with E-state index in [4.69, 9.17) is 10.00 Å². The predicted octanol–water partition coefficient (Wildman–Crippen LogP) is 3.35. The van der Waals surface area contributed by atoms with Gasteiger partial charge in [-0.25, -0.2) is 0 Å². The second kappa shape index (κ2) is 5.22. The molecule has 0 atom stereocenters. The molecule has 1 aliphatic carbocycles. The lowest BCUT2D eigenvalue weighted by atomic mass is 10.0. The first kappa shape index (κ1) is 12.6. The van der Waals surface area contributed by atoms with Crippen LogP contribution in [0.2, 0.25) is 0 Å². The molecular formula is C15H17NO2. The Kier molecular flexibility index (Phi) is 3.66. The van der Waals surface area contributed by atoms with Gasteiger partial charge in [-0.05, 0) is 25.0 Å². The Labute approximate surface area is 107 Å². The highest BCUT2D eigenvalue weighted by Crippen LogP contribution is 2.48. The number of carbonyl (C=O) groups is 1. The van der Waals surface area contributed by atoms with Crippen LogP contribution in [0.15, 0.2) is 24.3 Å². The van der Waals surface area contributed by atoms with Crippen LogP contribution in [0.4, 0.5) is 0 Å². The van der Waals surface area contributed by atoms with Crippen molar-refractivity contribution in [1.29, 1.82) is 5.26 Å². The number of nitriles is 1. The van der Waals surface area contributed by atoms with E-state index >= 15 is 0 Å². The van der Waals surface area contributed by atoms with Gasteiger partial charge in [0.25, 0.3) is 0 Å². The van der Waals surface area contributed by atoms with Crippen molar-refractivity contribution >= 4 is 5.78 Å². The molecule has 94 valence electrons. The lowest BCUT2D eigenvalue weighted by molar-refractivity contribution is 0.0982. The van der Waals surface area contributed by atoms with Gasteiger partial charge in [-0.3, -0.25) is 4.79 Å². The largest absolute Gasteiger partial charge is 0.492 e. The molecule has 0 aliphatic heterocycles. The second-order valence-corrected chi connectivity index (χ2v) is 4.90. The number of carbonyl (C=O) groups excluding carboxylic acids is 1. The first-order valence-corrected chi connectivity index (χ1v) is 6.33. The van der Waals surface area contributed by atoms with E-state index in [1.54, 1.807) is 6.07 Å². The van der Waals surface area contributed by atoms with Gasteiger partial charge in [0.1, 0.15) is 5.75 Å². The van der Waals surface area contributed by atoms with E-state index < -0.39 is 0 Å². The van der Waals surface area contributed by atoms with Crippen LogP contribution in [0, 0.1) is 16.7 Å². The normalized spacial score (nSPS) is 15.8. The number of nitrogens with zero attached hydrogens (tertiary/aromatic N) is 1. The van der Waals surface area contributed by atoms with Crippen molar-refractivity contribution in [3.8, 4) is 11.8 Å². The third kappa shape index (κ3) is 2.70. The Bertz CT molecular complexity index is 484. The van der Waals surface area contributed by atoms with E-state index in [1.165, 1.54) is 0 Å². The van der Waals surface area contributed by atoms with Gasteiger partial charge < -0.3 is 4.74 Å². The summed E-state index contributed by atoms with van der Waals surface area (Å²) >= 11 is 0. The lowest BCUT2D eigenvalue weighted by Crippen LogP contribution is -2.14. The molecule has 0 saturated heterocycles. The van der Waals surface area contributed by atoms with Crippen LogP contribution in [-0.4, -0.2) is 12.4 Å². The van der Waals surface area contributed by atoms with E-state index in [0.29, 0.717) is 30.8 Å². The fourth-order valence-corrected chi connectivity index (χ4v) is 1.96. The zero-order chi connectivity index (χ0) is 13.0. The Morgan fingerprint density at radius 1 is 1.44 bits per heavy atom. The highest BCUT2D eigenvalue weighted by atomic mass is 16.5. The fourth-order valence-electron chi connectivity index (χ4n) is 1.96. The Morgan fingerprint density at radius 3 is 2.78 bits per heavy atom. The molecule has 3 heteroatoms. The average molecular weight is 243 g/mol. The third-order valence-electron chi connectivity index (χ3n) is 3.45. The van der Waals surface area contributed by atoms with Crippen LogP contribution >= 0.6 is 0 Å². The maximum Gasteiger partial charge on any atom is 0.166 e. The molecular weight excluding hydrogens is 226 g/mol. The molecule has 0 amide bonds. The number of ketones is 1. The molecule has 0 spiro atoms. The molecule has 18 heavy (non-hydrogen) atoms. The van der Waals surface area contributed by atoms with Crippen molar-refractivity contribution < 1.29 is 9.53 Å². The van der Waals surface area contributed by atoms with Gasteiger partial charge in [0.2, 0.25) is 0 Å². The molecule has 2 rings (SSSR count). The van der Waals surface area contributed by atoms with Crippen LogP contribution in [0.1, 0.15) is 43.0 Å². The topological polar surface area (TPSA) is 50.1 Å². The first-order chi connectivity index (χ1) is 8.71. The molecule has 0 heterocycles. The van der Waals surface area contributed by atoms with Gasteiger partial charge >= 0.3 is 0 Å². The summed E-state index contributed by atoms with van der Waals surface area (Å²) in [7, 11) is 0. The molecule has 1 aliphatic rings. The summed E-state index contributed by atoms with van der Waals surface area (Å²) in [5, 5.41) is 8.76. The summed E-state index contributed by atoms with van der Waals surface area (Å²) in [5.74, 6) is 0.740. The van der Waals surface area contributed by atoms with Gasteiger partial charge in [-0.1, -0.05) is 19.1 Å². The van der Waals surface area contributed by atoms with Crippen molar-refractivity contribution in [3.05, 3.63) is 29.8 Å². The number of ether oxygens (including phenoxy) is 1. The first-order valence-electron chi connectivity index (χ1n) is 6.33. The van der Waals surface area contributed by atoms with Crippen LogP contribution in [0.25, 0.3) is 0 Å². The number of para-hydroxylation sites is 1. The molecule has 0 bridgehead atoms. The van der Waals surface area contributed by atoms with Crippen molar-refractivity contribution in [2.45, 2.75) is 32.6 Å². The summed E-state index contributed by atoms with van der Waals surface area (Å²) in [4.78, 5) is 11.8. The summed E-state index contributed by atoms with van der Waals surface area (Å²) < 4.78 is 5.77. The summed E-state index contributed by atoms with van der Waals surface area (Å²) in [5.41, 5.74) is 0.685. The maximum atomic E-state index is 11.8. The molecule has 1 aromatic rings. The van der Waals surface area contributed by atoms with E-state index in [2.05, 4.69) is 6.07 Å². The average Bonchev–Trinajstić information content (AvgIpc) is 3.16. The summed E-state index contributed by atoms with van der Waals surface area (Å²) in [6.07, 6.45) is 3.11. The molecule has 1 aromatic carbocycles. The van der Waals surface area contributed by atoms with Crippen LogP contribution < -0.4 is 4.74 Å². The standard InChI is InChI=1S/C15H17NO2/c1-2-13(17)12-5-3-4-6-14(12)18-11-15(7-8-15)9-10-16/h3-6H,2,7-9,11H2,1H3. The van der Waals surface area contributed by atoms with Gasteiger partial charge in [-0.15, -0.1) is 0 Å². The van der Waals surface area contributed by atoms with Crippen molar-refractivity contribution in [2.24, 2.45) is 5.41 Å². The number of hydrogen-bond acceptors (Lipinski definition) is 3. The smallest absolute Gasteiger partial charge is 0.166 e. The lowest BCUT2D eigenvalue weighted by Gasteiger charge is -2.15. The maximum absolute atomic E-state index is 11.8. The monoisotopic (exact) mass is 243 g/mol. The van der Waals surface area contributed by atoms with E-state index in [-0.39, 0.29) is 11.2 Å². The van der Waals surface area contributed by atoms with Gasteiger partial charge in [0, 0.05) is 18.3 Å². The van der Waals surface area contributed by atoms with Crippen LogP contribution in [-0.2, 0) is 0 Å². The highest BCUT2D eigenvalue weighted by Gasteiger charge is 2.43. The van der Waals surface area contributed by atoms with E-state index in [0.717, 1.165) is 12.8 Å². The van der Waals surface area contributed by atoms with E-state index in [9.17, 15) is 4.79 Å². The zero-order valence-electron chi connectivity index (χ0n) is 10.6. The van der Waals surface area contributed by atoms with Crippen molar-refractivity contribution in [3.63, 3.8) is 0 Å². The van der Waals surface area contributed by atoms with Crippen molar-refractivity contribution in [1.82, 2.24) is 0 Å². The molecule has 0 unspecified atom stereocenters. The Hall–Kier alpha value is -1.82. The Morgan fingerprint density at radius 2 is 2.17 bits per heavy atom. The van der Waals surface area contributed by atoms with Gasteiger partial charge in [0.05, 0.1) is 18.2 Å². The highest BCUT2D eigenvalue weighted by molar-refractivity contribution is 5.98. The number of hydrogen-bond donors (Lipinski definition) is 0. The molecule has 3 nitrogen and oxygen atoms in total. The summed E-state index contributed by atoms with van der Waals surface area (Å²) in [6, 6.07) is 9.54. The number of benzene rings is 1. The SMILES string of the molecule is CCC(=O)c1ccccc1OCC1(CC#N)CC1. The minimum absolute atomic E-state index is 0.0388. The summed E-state index contributed by atoms with van der Waals surface area (Å²) in [6.45, 7) is 2.38. The zero-order valence-corrected chi connectivity index (χ0v) is 10.6. The van der Waals surface area contributed by atoms with E-state index in [1.807, 2.05) is 25.1 Å². The molecule has 1 saturated carbocycles. The number of rotatable bonds is 6. The molecule has 1 fully saturated rings.